The average Bonchev–Trinajstić information content (AvgIpc) is 3.60. The summed E-state index contributed by atoms with van der Waals surface area (Å²) < 4.78 is 44.6. The molecule has 5 aromatic rings. The van der Waals surface area contributed by atoms with E-state index >= 15 is 0 Å². The van der Waals surface area contributed by atoms with Crippen LogP contribution in [0.25, 0.3) is 22.8 Å². The number of hydrogen-bond donors (Lipinski definition) is 1. The molecular weight excluding hydrogens is 577 g/mol. The van der Waals surface area contributed by atoms with E-state index in [-0.39, 0.29) is 5.75 Å². The Morgan fingerprint density at radius 2 is 1.81 bits per heavy atom. The Morgan fingerprint density at radius 3 is 2.51 bits per heavy atom. The Balaban J connectivity index is 1.11. The van der Waals surface area contributed by atoms with Crippen LogP contribution >= 0.6 is 11.3 Å². The van der Waals surface area contributed by atoms with Gasteiger partial charge in [-0.25, -0.2) is 14.5 Å². The highest BCUT2D eigenvalue weighted by Gasteiger charge is 2.31. The average molecular weight is 605 g/mol. The molecule has 3 aromatic carbocycles. The number of thiazole rings is 1. The molecule has 220 valence electrons. The van der Waals surface area contributed by atoms with E-state index < -0.39 is 12.4 Å². The summed E-state index contributed by atoms with van der Waals surface area (Å²) in [6.07, 6.45) is -0.907. The quantitative estimate of drug-likeness (QED) is 0.217. The van der Waals surface area contributed by atoms with Crippen LogP contribution in [0.1, 0.15) is 41.1 Å². The number of rotatable bonds is 7. The molecule has 8 nitrogen and oxygen atoms in total. The third-order valence-electron chi connectivity index (χ3n) is 7.00. The molecule has 43 heavy (non-hydrogen) atoms. The number of nitrogens with zero attached hydrogens (tertiary/aromatic N) is 5. The first-order valence-corrected chi connectivity index (χ1v) is 14.5. The molecule has 1 saturated carbocycles. The van der Waals surface area contributed by atoms with Gasteiger partial charge in [0.2, 0.25) is 0 Å². The Hall–Kier alpha value is -4.71. The topological polar surface area (TPSA) is 86.3 Å². The summed E-state index contributed by atoms with van der Waals surface area (Å²) in [7, 11) is 0. The minimum Gasteiger partial charge on any atom is -0.406 e. The monoisotopic (exact) mass is 604 g/mol. The summed E-state index contributed by atoms with van der Waals surface area (Å²) in [5.74, 6) is 0.690. The van der Waals surface area contributed by atoms with E-state index in [1.165, 1.54) is 70.6 Å². The molecular formula is C31H27F3N6O2S. The normalized spacial score (nSPS) is 13.7. The number of alkyl halides is 3. The first-order valence-electron chi connectivity index (χ1n) is 13.6. The summed E-state index contributed by atoms with van der Waals surface area (Å²) in [4.78, 5) is 22.1. The summed E-state index contributed by atoms with van der Waals surface area (Å²) in [6.45, 7) is 4.41. The van der Waals surface area contributed by atoms with Crippen LogP contribution in [-0.4, -0.2) is 31.7 Å². The minimum atomic E-state index is -4.75. The lowest BCUT2D eigenvalue weighted by Crippen LogP contribution is -2.24. The van der Waals surface area contributed by atoms with E-state index in [2.05, 4.69) is 54.8 Å². The number of carbonyl (C=O) groups excluding carboxylic acids is 1. The highest BCUT2D eigenvalue weighted by Crippen LogP contribution is 2.43. The number of carbonyl (C=O) groups is 1. The van der Waals surface area contributed by atoms with Crippen LogP contribution in [0, 0.1) is 13.8 Å². The van der Waals surface area contributed by atoms with Gasteiger partial charge in [0.25, 0.3) is 0 Å². The standard InChI is InChI=1S/C31H27F3N6O2S/c1-19-3-14-27(26(15-19)22-8-9-22)40-20(2)17-43-30(40)37-29(41)35-16-21-4-6-23(7-5-21)28-36-18-39(38-28)24-10-12-25(13-11-24)42-31(32,33)34/h3-7,10-15,17-18,22H,8-9,16H2,1-2H3,(H,35,41)/b37-30-. The third kappa shape index (κ3) is 6.69. The SMILES string of the molecule is Cc1ccc(-n2c(C)cs/c2=N\C(=O)NCc2ccc(-c3ncn(-c4ccc(OC(F)(F)F)cc4)n3)cc2)c(C2CC2)c1. The summed E-state index contributed by atoms with van der Waals surface area (Å²) in [5, 5.41) is 9.30. The summed E-state index contributed by atoms with van der Waals surface area (Å²) in [5.41, 5.74) is 6.78. The van der Waals surface area contributed by atoms with E-state index in [1.807, 2.05) is 36.6 Å². The van der Waals surface area contributed by atoms with Crippen molar-refractivity contribution in [2.45, 2.75) is 45.5 Å². The maximum atomic E-state index is 12.8. The van der Waals surface area contributed by atoms with Gasteiger partial charge in [0.15, 0.2) is 10.6 Å². The van der Waals surface area contributed by atoms with Crippen LogP contribution in [0.5, 0.6) is 5.75 Å². The number of ether oxygens (including phenoxy) is 1. The number of urea groups is 1. The van der Waals surface area contributed by atoms with Gasteiger partial charge in [0.05, 0.1) is 11.4 Å². The van der Waals surface area contributed by atoms with Gasteiger partial charge >= 0.3 is 12.4 Å². The summed E-state index contributed by atoms with van der Waals surface area (Å²) in [6, 6.07) is 18.8. The fourth-order valence-corrected chi connectivity index (χ4v) is 5.62. The molecule has 0 spiro atoms. The van der Waals surface area contributed by atoms with Crippen LogP contribution in [0.2, 0.25) is 0 Å². The molecule has 0 bridgehead atoms. The van der Waals surface area contributed by atoms with Gasteiger partial charge in [-0.3, -0.25) is 4.57 Å². The number of hydrogen-bond acceptors (Lipinski definition) is 5. The van der Waals surface area contributed by atoms with Crippen LogP contribution in [-0.2, 0) is 6.54 Å². The van der Waals surface area contributed by atoms with Crippen molar-refractivity contribution in [2.75, 3.05) is 0 Å². The maximum Gasteiger partial charge on any atom is 0.573 e. The first-order chi connectivity index (χ1) is 20.6. The van der Waals surface area contributed by atoms with Crippen molar-refractivity contribution in [3.8, 4) is 28.5 Å². The smallest absolute Gasteiger partial charge is 0.406 e. The van der Waals surface area contributed by atoms with Crippen molar-refractivity contribution >= 4 is 17.4 Å². The van der Waals surface area contributed by atoms with Crippen molar-refractivity contribution in [1.29, 1.82) is 0 Å². The van der Waals surface area contributed by atoms with Crippen molar-refractivity contribution in [2.24, 2.45) is 4.99 Å². The third-order valence-corrected chi connectivity index (χ3v) is 7.94. The molecule has 2 aromatic heterocycles. The van der Waals surface area contributed by atoms with Crippen molar-refractivity contribution in [3.63, 3.8) is 0 Å². The van der Waals surface area contributed by atoms with Crippen LogP contribution in [0.15, 0.2) is 83.4 Å². The molecule has 0 aliphatic heterocycles. The fourth-order valence-electron chi connectivity index (χ4n) is 4.76. The second-order valence-electron chi connectivity index (χ2n) is 10.4. The molecule has 0 saturated heterocycles. The second kappa shape index (κ2) is 11.5. The summed E-state index contributed by atoms with van der Waals surface area (Å²) >= 11 is 1.44. The lowest BCUT2D eigenvalue weighted by Gasteiger charge is -2.13. The second-order valence-corrected chi connectivity index (χ2v) is 11.2. The molecule has 12 heteroatoms. The number of nitrogens with one attached hydrogen (secondary N) is 1. The number of aryl methyl sites for hydroxylation is 2. The molecule has 1 fully saturated rings. The minimum absolute atomic E-state index is 0.291. The molecule has 1 N–H and O–H groups in total. The zero-order valence-electron chi connectivity index (χ0n) is 23.3. The lowest BCUT2D eigenvalue weighted by atomic mass is 10.0. The van der Waals surface area contributed by atoms with E-state index in [9.17, 15) is 18.0 Å². The molecule has 2 heterocycles. The van der Waals surface area contributed by atoms with E-state index in [0.717, 1.165) is 22.5 Å². The Kier molecular flexibility index (Phi) is 7.61. The first kappa shape index (κ1) is 28.4. The van der Waals surface area contributed by atoms with Crippen LogP contribution in [0.4, 0.5) is 18.0 Å². The number of halogens is 3. The molecule has 0 radical (unpaired) electrons. The Labute approximate surface area is 249 Å². The number of aromatic nitrogens is 4. The van der Waals surface area contributed by atoms with Gasteiger partial charge in [-0.15, -0.1) is 29.6 Å². The number of amides is 2. The largest absolute Gasteiger partial charge is 0.573 e. The van der Waals surface area contributed by atoms with Crippen molar-refractivity contribution in [1.82, 2.24) is 24.6 Å². The Morgan fingerprint density at radius 1 is 1.07 bits per heavy atom. The predicted octanol–water partition coefficient (Wildman–Crippen LogP) is 6.99. The molecule has 6 rings (SSSR count). The van der Waals surface area contributed by atoms with Crippen molar-refractivity contribution in [3.05, 3.63) is 106 Å². The van der Waals surface area contributed by atoms with E-state index in [4.69, 9.17) is 0 Å². The Bertz CT molecular complexity index is 1840. The van der Waals surface area contributed by atoms with Gasteiger partial charge < -0.3 is 10.1 Å². The van der Waals surface area contributed by atoms with Gasteiger partial charge in [-0.1, -0.05) is 42.0 Å². The molecule has 0 atom stereocenters. The van der Waals surface area contributed by atoms with Crippen molar-refractivity contribution < 1.29 is 22.7 Å². The highest BCUT2D eigenvalue weighted by atomic mass is 32.1. The predicted molar refractivity (Wildman–Crippen MR) is 156 cm³/mol. The highest BCUT2D eigenvalue weighted by molar-refractivity contribution is 7.07. The van der Waals surface area contributed by atoms with Gasteiger partial charge in [0, 0.05) is 23.2 Å². The van der Waals surface area contributed by atoms with Crippen LogP contribution in [0.3, 0.4) is 0 Å². The molecule has 0 unspecified atom stereocenters. The lowest BCUT2D eigenvalue weighted by molar-refractivity contribution is -0.274. The van der Waals surface area contributed by atoms with Crippen LogP contribution < -0.4 is 14.9 Å². The van der Waals surface area contributed by atoms with E-state index in [1.54, 1.807) is 0 Å². The maximum absolute atomic E-state index is 12.8. The van der Waals surface area contributed by atoms with Gasteiger partial charge in [-0.05, 0) is 74.1 Å². The van der Waals surface area contributed by atoms with E-state index in [0.29, 0.717) is 28.8 Å². The zero-order chi connectivity index (χ0) is 30.1. The zero-order valence-corrected chi connectivity index (χ0v) is 24.1. The fraction of sp³-hybridized carbons (Fsp3) is 0.226. The van der Waals surface area contributed by atoms with Gasteiger partial charge in [-0.2, -0.15) is 4.99 Å². The van der Waals surface area contributed by atoms with Gasteiger partial charge in [0.1, 0.15) is 12.1 Å². The molecule has 1 aliphatic rings. The molecule has 1 aliphatic carbocycles. The number of benzene rings is 3. The molecule has 2 amide bonds.